The Bertz CT molecular complexity index is 816. The number of fused-ring (bicyclic) bond motifs is 1. The maximum Gasteiger partial charge on any atom is 0.309 e. The molecule has 0 saturated carbocycles. The fraction of sp³-hybridized carbons (Fsp3) is 0.235. The summed E-state index contributed by atoms with van der Waals surface area (Å²) in [6, 6.07) is 14.3. The van der Waals surface area contributed by atoms with Crippen LogP contribution in [-0.2, 0) is 27.8 Å². The Morgan fingerprint density at radius 3 is 2.61 bits per heavy atom. The molecule has 120 valence electrons. The van der Waals surface area contributed by atoms with Crippen LogP contribution in [0.2, 0.25) is 0 Å². The fourth-order valence-corrected chi connectivity index (χ4v) is 3.45. The highest BCUT2D eigenvalue weighted by atomic mass is 32.2. The van der Waals surface area contributed by atoms with Gasteiger partial charge in [0.1, 0.15) is 5.75 Å². The minimum absolute atomic E-state index is 0.0262. The maximum atomic E-state index is 12.1. The molecule has 0 aromatic heterocycles. The first kappa shape index (κ1) is 15.6. The number of aryl methyl sites for hydroxylation is 2. The zero-order valence-corrected chi connectivity index (χ0v) is 13.3. The van der Waals surface area contributed by atoms with E-state index in [1.54, 1.807) is 18.2 Å². The number of amides is 1. The van der Waals surface area contributed by atoms with Gasteiger partial charge in [-0.2, -0.15) is 8.42 Å². The molecule has 0 spiro atoms. The van der Waals surface area contributed by atoms with Crippen LogP contribution in [0.3, 0.4) is 0 Å². The van der Waals surface area contributed by atoms with Gasteiger partial charge in [-0.05, 0) is 42.2 Å². The molecule has 0 fully saturated rings. The van der Waals surface area contributed by atoms with Crippen molar-refractivity contribution in [1.82, 2.24) is 0 Å². The second-order valence-electron chi connectivity index (χ2n) is 5.45. The van der Waals surface area contributed by atoms with E-state index in [9.17, 15) is 13.2 Å². The van der Waals surface area contributed by atoms with E-state index in [1.807, 2.05) is 30.3 Å². The highest BCUT2D eigenvalue weighted by Gasteiger charge is 2.18. The van der Waals surface area contributed by atoms with Crippen molar-refractivity contribution in [3.8, 4) is 5.75 Å². The summed E-state index contributed by atoms with van der Waals surface area (Å²) in [5.41, 5.74) is 2.56. The van der Waals surface area contributed by atoms with Crippen LogP contribution in [0.4, 0.5) is 5.69 Å². The van der Waals surface area contributed by atoms with Crippen LogP contribution >= 0.6 is 0 Å². The van der Waals surface area contributed by atoms with Gasteiger partial charge < -0.3 is 9.50 Å². The molecular formula is C17H17NO4S. The number of nitrogens with one attached hydrogen (secondary N) is 1. The second-order valence-corrected chi connectivity index (χ2v) is 7.14. The Morgan fingerprint density at radius 1 is 1.04 bits per heavy atom. The average Bonchev–Trinajstić information content (AvgIpc) is 2.54. The second kappa shape index (κ2) is 6.42. The molecule has 0 atom stereocenters. The minimum atomic E-state index is -3.66. The predicted molar refractivity (Wildman–Crippen MR) is 88.0 cm³/mol. The monoisotopic (exact) mass is 331 g/mol. The highest BCUT2D eigenvalue weighted by Crippen LogP contribution is 2.27. The van der Waals surface area contributed by atoms with Crippen molar-refractivity contribution >= 4 is 21.7 Å². The normalized spacial score (nSPS) is 14.0. The van der Waals surface area contributed by atoms with Crippen LogP contribution in [0.5, 0.6) is 5.75 Å². The van der Waals surface area contributed by atoms with Crippen LogP contribution < -0.4 is 9.50 Å². The molecule has 0 unspecified atom stereocenters. The summed E-state index contributed by atoms with van der Waals surface area (Å²) in [6.07, 6.45) is 1.39. The lowest BCUT2D eigenvalue weighted by atomic mass is 10.0. The minimum Gasteiger partial charge on any atom is -0.382 e. The molecule has 23 heavy (non-hydrogen) atoms. The van der Waals surface area contributed by atoms with E-state index in [2.05, 4.69) is 5.32 Å². The van der Waals surface area contributed by atoms with Gasteiger partial charge in [-0.25, -0.2) is 0 Å². The topological polar surface area (TPSA) is 72.5 Å². The van der Waals surface area contributed by atoms with Crippen molar-refractivity contribution in [1.29, 1.82) is 0 Å². The Hall–Kier alpha value is -2.34. The smallest absolute Gasteiger partial charge is 0.309 e. The van der Waals surface area contributed by atoms with Crippen molar-refractivity contribution in [3.05, 3.63) is 59.7 Å². The zero-order chi connectivity index (χ0) is 16.3. The van der Waals surface area contributed by atoms with E-state index >= 15 is 0 Å². The van der Waals surface area contributed by atoms with E-state index in [0.717, 1.165) is 16.8 Å². The lowest BCUT2D eigenvalue weighted by Crippen LogP contribution is -2.19. The lowest BCUT2D eigenvalue weighted by molar-refractivity contribution is -0.116. The molecule has 0 aliphatic carbocycles. The molecule has 5 nitrogen and oxygen atoms in total. The lowest BCUT2D eigenvalue weighted by Gasteiger charge is -2.17. The van der Waals surface area contributed by atoms with E-state index in [1.165, 1.54) is 0 Å². The number of carbonyl (C=O) groups is 1. The molecular weight excluding hydrogens is 314 g/mol. The molecule has 1 heterocycles. The number of carbonyl (C=O) groups excluding carboxylic acids is 1. The van der Waals surface area contributed by atoms with Crippen LogP contribution in [-0.4, -0.2) is 20.1 Å². The highest BCUT2D eigenvalue weighted by molar-refractivity contribution is 7.87. The number of benzene rings is 2. The van der Waals surface area contributed by atoms with Gasteiger partial charge in [0.15, 0.2) is 0 Å². The summed E-state index contributed by atoms with van der Waals surface area (Å²) in [6.45, 7) is 0. The van der Waals surface area contributed by atoms with Crippen LogP contribution in [0.25, 0.3) is 0 Å². The first-order valence-corrected chi connectivity index (χ1v) is 8.98. The Balaban J connectivity index is 1.67. The van der Waals surface area contributed by atoms with Crippen LogP contribution in [0.15, 0.2) is 48.5 Å². The Morgan fingerprint density at radius 2 is 1.83 bits per heavy atom. The van der Waals surface area contributed by atoms with E-state index in [-0.39, 0.29) is 17.4 Å². The molecule has 2 aromatic rings. The molecule has 1 amide bonds. The van der Waals surface area contributed by atoms with E-state index in [4.69, 9.17) is 4.18 Å². The third-order valence-electron chi connectivity index (χ3n) is 3.68. The molecule has 1 N–H and O–H groups in total. The van der Waals surface area contributed by atoms with Gasteiger partial charge in [0.25, 0.3) is 0 Å². The van der Waals surface area contributed by atoms with Crippen molar-refractivity contribution in [2.24, 2.45) is 0 Å². The number of anilines is 1. The van der Waals surface area contributed by atoms with Gasteiger partial charge in [-0.1, -0.05) is 30.3 Å². The Labute approximate surface area is 135 Å². The molecule has 2 aromatic carbocycles. The first-order valence-electron chi connectivity index (χ1n) is 7.41. The first-order chi connectivity index (χ1) is 11.0. The SMILES string of the molecule is O=C1CCc2cc(OS(=O)(=O)CCc3ccccc3)ccc2N1. The predicted octanol–water partition coefficient (Wildman–Crippen LogP) is 2.52. The van der Waals surface area contributed by atoms with Gasteiger partial charge in [0.05, 0.1) is 5.75 Å². The van der Waals surface area contributed by atoms with E-state index in [0.29, 0.717) is 19.3 Å². The number of rotatable bonds is 5. The van der Waals surface area contributed by atoms with Crippen molar-refractivity contribution < 1.29 is 17.4 Å². The fourth-order valence-electron chi connectivity index (χ4n) is 2.49. The van der Waals surface area contributed by atoms with Gasteiger partial charge in [0.2, 0.25) is 5.91 Å². The summed E-state index contributed by atoms with van der Waals surface area (Å²) < 4.78 is 29.4. The third-order valence-corrected chi connectivity index (χ3v) is 4.83. The summed E-state index contributed by atoms with van der Waals surface area (Å²) >= 11 is 0. The average molecular weight is 331 g/mol. The summed E-state index contributed by atoms with van der Waals surface area (Å²) in [5, 5.41) is 2.75. The summed E-state index contributed by atoms with van der Waals surface area (Å²) in [4.78, 5) is 11.3. The van der Waals surface area contributed by atoms with Gasteiger partial charge >= 0.3 is 10.1 Å². The summed E-state index contributed by atoms with van der Waals surface area (Å²) in [7, 11) is -3.66. The van der Waals surface area contributed by atoms with Crippen molar-refractivity contribution in [3.63, 3.8) is 0 Å². The standard InChI is InChI=1S/C17H17NO4S/c19-17-9-6-14-12-15(7-8-16(14)18-17)22-23(20,21)11-10-13-4-2-1-3-5-13/h1-5,7-8,12H,6,9-11H2,(H,18,19). The molecule has 0 radical (unpaired) electrons. The third kappa shape index (κ3) is 4.10. The van der Waals surface area contributed by atoms with Gasteiger partial charge in [-0.3, -0.25) is 4.79 Å². The molecule has 1 aliphatic heterocycles. The van der Waals surface area contributed by atoms with Crippen molar-refractivity contribution in [2.45, 2.75) is 19.3 Å². The zero-order valence-electron chi connectivity index (χ0n) is 12.5. The Kier molecular flexibility index (Phi) is 4.34. The molecule has 6 heteroatoms. The molecule has 0 bridgehead atoms. The quantitative estimate of drug-likeness (QED) is 0.855. The van der Waals surface area contributed by atoms with Crippen LogP contribution in [0, 0.1) is 0 Å². The molecule has 3 rings (SSSR count). The summed E-state index contributed by atoms with van der Waals surface area (Å²) in [5.74, 6) is 0.180. The van der Waals surface area contributed by atoms with E-state index < -0.39 is 10.1 Å². The van der Waals surface area contributed by atoms with Crippen molar-refractivity contribution in [2.75, 3.05) is 11.1 Å². The van der Waals surface area contributed by atoms with Gasteiger partial charge in [-0.15, -0.1) is 0 Å². The largest absolute Gasteiger partial charge is 0.382 e. The number of hydrogen-bond donors (Lipinski definition) is 1. The van der Waals surface area contributed by atoms with Crippen LogP contribution in [0.1, 0.15) is 17.5 Å². The molecule has 1 aliphatic rings. The van der Waals surface area contributed by atoms with Gasteiger partial charge in [0, 0.05) is 12.1 Å². The number of hydrogen-bond acceptors (Lipinski definition) is 4. The maximum absolute atomic E-state index is 12.1. The molecule has 0 saturated heterocycles.